The van der Waals surface area contributed by atoms with Gasteiger partial charge in [-0.15, -0.1) is 0 Å². The fourth-order valence-corrected chi connectivity index (χ4v) is 3.86. The van der Waals surface area contributed by atoms with E-state index in [1.54, 1.807) is 0 Å². The fraction of sp³-hybridized carbons (Fsp3) is 0.588. The predicted octanol–water partition coefficient (Wildman–Crippen LogP) is 3.02. The molecule has 24 heavy (non-hydrogen) atoms. The van der Waals surface area contributed by atoms with Gasteiger partial charge in [0.1, 0.15) is 0 Å². The Balaban J connectivity index is 1.65. The third-order valence-electron chi connectivity index (χ3n) is 4.88. The molecule has 0 aromatic heterocycles. The molecule has 2 aliphatic heterocycles. The molecule has 4 nitrogen and oxygen atoms in total. The molecule has 2 fully saturated rings. The Kier molecular flexibility index (Phi) is 4.83. The predicted molar refractivity (Wildman–Crippen MR) is 85.3 cm³/mol. The molecular formula is C17H22F3N3O. The lowest BCUT2D eigenvalue weighted by Crippen LogP contribution is -2.39. The van der Waals surface area contributed by atoms with Crippen LogP contribution in [0.4, 0.5) is 18.9 Å². The second-order valence-electron chi connectivity index (χ2n) is 6.85. The van der Waals surface area contributed by atoms with Gasteiger partial charge in [-0.3, -0.25) is 4.79 Å². The van der Waals surface area contributed by atoms with Crippen molar-refractivity contribution in [2.75, 3.05) is 5.32 Å². The summed E-state index contributed by atoms with van der Waals surface area (Å²) in [5.74, 6) is 0.0622. The second-order valence-corrected chi connectivity index (χ2v) is 6.85. The van der Waals surface area contributed by atoms with Crippen LogP contribution in [0.5, 0.6) is 0 Å². The van der Waals surface area contributed by atoms with Crippen molar-refractivity contribution in [1.82, 2.24) is 5.32 Å². The van der Waals surface area contributed by atoms with Crippen LogP contribution in [-0.4, -0.2) is 18.0 Å². The van der Waals surface area contributed by atoms with E-state index in [-0.39, 0.29) is 18.1 Å². The van der Waals surface area contributed by atoms with Crippen LogP contribution < -0.4 is 16.4 Å². The van der Waals surface area contributed by atoms with E-state index >= 15 is 0 Å². The number of nitrogens with two attached hydrogens (primary N) is 1. The molecule has 7 heteroatoms. The minimum Gasteiger partial charge on any atom is -0.326 e. The Morgan fingerprint density at radius 2 is 1.88 bits per heavy atom. The monoisotopic (exact) mass is 341 g/mol. The topological polar surface area (TPSA) is 67.1 Å². The number of alkyl halides is 3. The van der Waals surface area contributed by atoms with Crippen molar-refractivity contribution >= 4 is 11.6 Å². The number of piperidine rings is 1. The van der Waals surface area contributed by atoms with Crippen molar-refractivity contribution in [2.24, 2.45) is 11.7 Å². The number of halogens is 3. The summed E-state index contributed by atoms with van der Waals surface area (Å²) in [5.41, 5.74) is 5.18. The van der Waals surface area contributed by atoms with Gasteiger partial charge in [-0.2, -0.15) is 13.2 Å². The summed E-state index contributed by atoms with van der Waals surface area (Å²) in [5, 5.41) is 6.12. The Morgan fingerprint density at radius 3 is 2.46 bits per heavy atom. The van der Waals surface area contributed by atoms with Gasteiger partial charge in [0.05, 0.1) is 5.56 Å². The van der Waals surface area contributed by atoms with E-state index in [1.807, 2.05) is 0 Å². The molecule has 0 saturated carbocycles. The summed E-state index contributed by atoms with van der Waals surface area (Å²) < 4.78 is 38.8. The number of anilines is 1. The average molecular weight is 341 g/mol. The molecule has 2 bridgehead atoms. The first-order valence-electron chi connectivity index (χ1n) is 8.30. The van der Waals surface area contributed by atoms with Crippen molar-refractivity contribution in [3.8, 4) is 0 Å². The highest BCUT2D eigenvalue weighted by Gasteiger charge is 2.34. The molecule has 2 heterocycles. The molecule has 0 radical (unpaired) electrons. The van der Waals surface area contributed by atoms with Gasteiger partial charge in [0, 0.05) is 30.7 Å². The lowest BCUT2D eigenvalue weighted by molar-refractivity contribution is -0.137. The summed E-state index contributed by atoms with van der Waals surface area (Å²) in [6.45, 7) is -0.00948. The molecule has 3 rings (SSSR count). The number of nitrogens with one attached hydrogen (secondary N) is 2. The van der Waals surface area contributed by atoms with Gasteiger partial charge in [0.2, 0.25) is 5.91 Å². The molecular weight excluding hydrogens is 319 g/mol. The molecule has 2 aliphatic rings. The molecule has 2 saturated heterocycles. The highest BCUT2D eigenvalue weighted by molar-refractivity contribution is 5.91. The van der Waals surface area contributed by atoms with Crippen molar-refractivity contribution in [3.05, 3.63) is 29.3 Å². The van der Waals surface area contributed by atoms with Gasteiger partial charge < -0.3 is 16.4 Å². The van der Waals surface area contributed by atoms with E-state index < -0.39 is 11.7 Å². The number of carbonyl (C=O) groups is 1. The van der Waals surface area contributed by atoms with Crippen LogP contribution in [-0.2, 0) is 17.5 Å². The van der Waals surface area contributed by atoms with Crippen molar-refractivity contribution in [2.45, 2.75) is 56.9 Å². The minimum absolute atomic E-state index is 0.00948. The first-order chi connectivity index (χ1) is 11.3. The van der Waals surface area contributed by atoms with E-state index in [0.717, 1.165) is 37.8 Å². The third kappa shape index (κ3) is 4.08. The summed E-state index contributed by atoms with van der Waals surface area (Å²) in [6.07, 6.45) is 0.107. The first-order valence-corrected chi connectivity index (χ1v) is 8.30. The van der Waals surface area contributed by atoms with Crippen molar-refractivity contribution in [3.63, 3.8) is 0 Å². The number of benzene rings is 1. The average Bonchev–Trinajstić information content (AvgIpc) is 2.84. The quantitative estimate of drug-likeness (QED) is 0.789. The van der Waals surface area contributed by atoms with Crippen LogP contribution in [0, 0.1) is 5.92 Å². The van der Waals surface area contributed by atoms with Gasteiger partial charge >= 0.3 is 6.18 Å². The normalized spacial score (nSPS) is 26.4. The number of fused-ring (bicyclic) bond motifs is 2. The molecule has 1 aromatic rings. The van der Waals surface area contributed by atoms with Gasteiger partial charge in [-0.25, -0.2) is 0 Å². The molecule has 3 atom stereocenters. The van der Waals surface area contributed by atoms with E-state index in [1.165, 1.54) is 6.07 Å². The number of rotatable bonds is 4. The summed E-state index contributed by atoms with van der Waals surface area (Å²) in [7, 11) is 0. The Bertz CT molecular complexity index is 606. The molecule has 1 amide bonds. The Morgan fingerprint density at radius 1 is 1.21 bits per heavy atom. The maximum atomic E-state index is 12.9. The largest absolute Gasteiger partial charge is 0.416 e. The van der Waals surface area contributed by atoms with Crippen molar-refractivity contribution in [1.29, 1.82) is 0 Å². The number of hydrogen-bond donors (Lipinski definition) is 3. The molecule has 4 N–H and O–H groups in total. The van der Waals surface area contributed by atoms with Crippen LogP contribution >= 0.6 is 0 Å². The van der Waals surface area contributed by atoms with E-state index in [0.29, 0.717) is 30.0 Å². The Labute approximate surface area is 139 Å². The molecule has 1 aromatic carbocycles. The third-order valence-corrected chi connectivity index (χ3v) is 4.88. The maximum Gasteiger partial charge on any atom is 0.416 e. The highest BCUT2D eigenvalue weighted by Crippen LogP contribution is 2.34. The zero-order valence-electron chi connectivity index (χ0n) is 13.3. The molecule has 0 aliphatic carbocycles. The van der Waals surface area contributed by atoms with Crippen LogP contribution in [0.1, 0.15) is 43.2 Å². The number of carbonyl (C=O) groups excluding carboxylic acids is 1. The van der Waals surface area contributed by atoms with Gasteiger partial charge in [0.15, 0.2) is 0 Å². The maximum absolute atomic E-state index is 12.9. The minimum atomic E-state index is -4.46. The second kappa shape index (κ2) is 6.72. The smallest absolute Gasteiger partial charge is 0.326 e. The molecule has 1 unspecified atom stereocenters. The zero-order chi connectivity index (χ0) is 17.3. The summed E-state index contributed by atoms with van der Waals surface area (Å²) in [4.78, 5) is 12.2. The van der Waals surface area contributed by atoms with E-state index in [9.17, 15) is 18.0 Å². The Hall–Kier alpha value is -1.60. The standard InChI is InChI=1S/C17H22F3N3O/c18-17(19,20)12-3-11(9-21)6-15(8-12)23-16(24)7-10-4-13-1-2-14(5-10)22-13/h3,6,8,10,13-14,22H,1-2,4-5,7,9,21H2,(H,23,24)/t10?,13-,14+. The van der Waals surface area contributed by atoms with Crippen LogP contribution in [0.15, 0.2) is 18.2 Å². The van der Waals surface area contributed by atoms with Crippen LogP contribution in [0.25, 0.3) is 0 Å². The molecule has 132 valence electrons. The van der Waals surface area contributed by atoms with Crippen LogP contribution in [0.3, 0.4) is 0 Å². The number of hydrogen-bond acceptors (Lipinski definition) is 3. The van der Waals surface area contributed by atoms with Crippen molar-refractivity contribution < 1.29 is 18.0 Å². The summed E-state index contributed by atoms with van der Waals surface area (Å²) in [6, 6.07) is 4.45. The SMILES string of the molecule is NCc1cc(NC(=O)CC2C[C@H]3CC[C@@H](C2)N3)cc(C(F)(F)F)c1. The zero-order valence-corrected chi connectivity index (χ0v) is 13.3. The first kappa shape index (κ1) is 17.2. The fourth-order valence-electron chi connectivity index (χ4n) is 3.86. The van der Waals surface area contributed by atoms with Crippen LogP contribution in [0.2, 0.25) is 0 Å². The molecule has 0 spiro atoms. The summed E-state index contributed by atoms with van der Waals surface area (Å²) >= 11 is 0. The van der Waals surface area contributed by atoms with Gasteiger partial charge in [-0.1, -0.05) is 0 Å². The lowest BCUT2D eigenvalue weighted by atomic mass is 9.89. The lowest BCUT2D eigenvalue weighted by Gasteiger charge is -2.28. The van der Waals surface area contributed by atoms with E-state index in [4.69, 9.17) is 5.73 Å². The van der Waals surface area contributed by atoms with Gasteiger partial charge in [0.25, 0.3) is 0 Å². The van der Waals surface area contributed by atoms with E-state index in [2.05, 4.69) is 10.6 Å². The van der Waals surface area contributed by atoms with Gasteiger partial charge in [-0.05, 0) is 55.4 Å². The highest BCUT2D eigenvalue weighted by atomic mass is 19.4. The number of amides is 1.